The molecule has 1 heterocycles. The molecular formula is C23H15BrFN3O. The molecule has 4 aromatic rings. The number of nitrogens with zero attached hydrogens (tertiary/aromatic N) is 2. The topological polar surface area (TPSA) is 61.7 Å². The Labute approximate surface area is 175 Å². The highest BCUT2D eigenvalue weighted by Crippen LogP contribution is 2.29. The van der Waals surface area contributed by atoms with E-state index in [2.05, 4.69) is 32.0 Å². The Bertz CT molecular complexity index is 1240. The summed E-state index contributed by atoms with van der Waals surface area (Å²) in [5.41, 5.74) is 3.40. The minimum Gasteiger partial charge on any atom is -0.488 e. The summed E-state index contributed by atoms with van der Waals surface area (Å²) < 4.78 is 20.0. The van der Waals surface area contributed by atoms with Crippen LogP contribution in [-0.2, 0) is 6.61 Å². The van der Waals surface area contributed by atoms with Crippen LogP contribution in [-0.4, -0.2) is 9.97 Å². The third-order valence-corrected chi connectivity index (χ3v) is 4.94. The van der Waals surface area contributed by atoms with Gasteiger partial charge in [0.1, 0.15) is 30.1 Å². The molecule has 0 fully saturated rings. The lowest BCUT2D eigenvalue weighted by Crippen LogP contribution is -1.95. The number of nitriles is 1. The van der Waals surface area contributed by atoms with E-state index in [4.69, 9.17) is 4.74 Å². The normalized spacial score (nSPS) is 11.4. The van der Waals surface area contributed by atoms with Gasteiger partial charge in [0.05, 0.1) is 21.1 Å². The number of hydrogen-bond acceptors (Lipinski definition) is 3. The van der Waals surface area contributed by atoms with Gasteiger partial charge in [-0.05, 0) is 63.5 Å². The van der Waals surface area contributed by atoms with E-state index in [0.29, 0.717) is 34.8 Å². The summed E-state index contributed by atoms with van der Waals surface area (Å²) in [4.78, 5) is 7.37. The molecule has 0 atom stereocenters. The quantitative estimate of drug-likeness (QED) is 0.375. The number of nitrogens with one attached hydrogen (secondary N) is 1. The van der Waals surface area contributed by atoms with Crippen molar-refractivity contribution in [1.82, 2.24) is 9.97 Å². The molecule has 0 aliphatic rings. The lowest BCUT2D eigenvalue weighted by molar-refractivity contribution is 0.304. The molecule has 0 amide bonds. The second-order valence-electron chi connectivity index (χ2n) is 6.38. The number of hydrogen-bond donors (Lipinski definition) is 1. The van der Waals surface area contributed by atoms with Crippen LogP contribution >= 0.6 is 15.9 Å². The predicted molar refractivity (Wildman–Crippen MR) is 114 cm³/mol. The van der Waals surface area contributed by atoms with Crippen LogP contribution in [0.1, 0.15) is 17.0 Å². The molecule has 142 valence electrons. The third kappa shape index (κ3) is 4.36. The number of ether oxygens (including phenoxy) is 1. The highest BCUT2D eigenvalue weighted by molar-refractivity contribution is 9.10. The van der Waals surface area contributed by atoms with Crippen molar-refractivity contribution in [3.63, 3.8) is 0 Å². The highest BCUT2D eigenvalue weighted by Gasteiger charge is 2.10. The first-order valence-electron chi connectivity index (χ1n) is 8.86. The van der Waals surface area contributed by atoms with Crippen LogP contribution in [0.2, 0.25) is 0 Å². The standard InChI is InChI=1S/C23H15BrFN3O/c24-19-11-16(6-9-22(19)29-14-15-4-2-1-3-5-15)10-17(13-26)23-27-20-8-7-18(25)12-21(20)28-23/h1-12H,14H2,(H,27,28)/b17-10-. The molecule has 4 nitrogen and oxygen atoms in total. The van der Waals surface area contributed by atoms with Crippen molar-refractivity contribution in [3.05, 3.63) is 94.0 Å². The lowest BCUT2D eigenvalue weighted by Gasteiger charge is -2.09. The second kappa shape index (κ2) is 8.29. The van der Waals surface area contributed by atoms with Crippen LogP contribution in [0.5, 0.6) is 5.75 Å². The van der Waals surface area contributed by atoms with Gasteiger partial charge in [0.2, 0.25) is 0 Å². The van der Waals surface area contributed by atoms with E-state index >= 15 is 0 Å². The van der Waals surface area contributed by atoms with Gasteiger partial charge in [0.25, 0.3) is 0 Å². The van der Waals surface area contributed by atoms with E-state index in [0.717, 1.165) is 15.6 Å². The van der Waals surface area contributed by atoms with Crippen LogP contribution in [0.15, 0.2) is 71.2 Å². The fourth-order valence-electron chi connectivity index (χ4n) is 2.89. The van der Waals surface area contributed by atoms with E-state index in [9.17, 15) is 9.65 Å². The van der Waals surface area contributed by atoms with E-state index < -0.39 is 0 Å². The molecule has 0 bridgehead atoms. The average molecular weight is 448 g/mol. The lowest BCUT2D eigenvalue weighted by atomic mass is 10.1. The summed E-state index contributed by atoms with van der Waals surface area (Å²) in [6.07, 6.45) is 1.72. The summed E-state index contributed by atoms with van der Waals surface area (Å²) >= 11 is 3.52. The number of imidazole rings is 1. The largest absolute Gasteiger partial charge is 0.488 e. The van der Waals surface area contributed by atoms with Gasteiger partial charge in [-0.2, -0.15) is 5.26 Å². The minimum absolute atomic E-state index is 0.353. The molecule has 0 radical (unpaired) electrons. The zero-order valence-corrected chi connectivity index (χ0v) is 16.8. The monoisotopic (exact) mass is 447 g/mol. The number of rotatable bonds is 5. The highest BCUT2D eigenvalue weighted by atomic mass is 79.9. The fourth-order valence-corrected chi connectivity index (χ4v) is 3.40. The zero-order chi connectivity index (χ0) is 20.2. The van der Waals surface area contributed by atoms with E-state index in [-0.39, 0.29) is 5.82 Å². The van der Waals surface area contributed by atoms with Gasteiger partial charge in [-0.1, -0.05) is 36.4 Å². The number of benzene rings is 3. The van der Waals surface area contributed by atoms with Crippen LogP contribution in [0.4, 0.5) is 4.39 Å². The van der Waals surface area contributed by atoms with Crippen molar-refractivity contribution >= 4 is 38.6 Å². The molecule has 0 saturated carbocycles. The molecule has 3 aromatic carbocycles. The molecule has 4 rings (SSSR count). The summed E-state index contributed by atoms with van der Waals surface area (Å²) in [5.74, 6) is 0.752. The fraction of sp³-hybridized carbons (Fsp3) is 0.0435. The number of fused-ring (bicyclic) bond motifs is 1. The van der Waals surface area contributed by atoms with Crippen molar-refractivity contribution in [2.24, 2.45) is 0 Å². The Balaban J connectivity index is 1.57. The molecule has 1 N–H and O–H groups in total. The van der Waals surface area contributed by atoms with Gasteiger partial charge >= 0.3 is 0 Å². The molecule has 1 aromatic heterocycles. The van der Waals surface area contributed by atoms with Gasteiger partial charge in [-0.25, -0.2) is 9.37 Å². The smallest absolute Gasteiger partial charge is 0.149 e. The van der Waals surface area contributed by atoms with E-state index in [1.54, 1.807) is 12.1 Å². The van der Waals surface area contributed by atoms with Crippen molar-refractivity contribution in [2.45, 2.75) is 6.61 Å². The Hall–Kier alpha value is -3.43. The van der Waals surface area contributed by atoms with Gasteiger partial charge in [-0.15, -0.1) is 0 Å². The van der Waals surface area contributed by atoms with E-state index in [1.165, 1.54) is 12.1 Å². The number of aromatic amines is 1. The van der Waals surface area contributed by atoms with Crippen molar-refractivity contribution in [2.75, 3.05) is 0 Å². The maximum absolute atomic E-state index is 13.4. The third-order valence-electron chi connectivity index (χ3n) is 4.32. The predicted octanol–water partition coefficient (Wildman–Crippen LogP) is 6.11. The van der Waals surface area contributed by atoms with Crippen molar-refractivity contribution in [3.8, 4) is 11.8 Å². The Morgan fingerprint density at radius 1 is 1.14 bits per heavy atom. The van der Waals surface area contributed by atoms with Crippen molar-refractivity contribution < 1.29 is 9.13 Å². The molecule has 0 aliphatic heterocycles. The van der Waals surface area contributed by atoms with Crippen molar-refractivity contribution in [1.29, 1.82) is 5.26 Å². The second-order valence-corrected chi connectivity index (χ2v) is 7.24. The Morgan fingerprint density at radius 2 is 1.97 bits per heavy atom. The SMILES string of the molecule is N#C/C(=C/c1ccc(OCc2ccccc2)c(Br)c1)c1nc2ccc(F)cc2[nH]1. The molecule has 0 unspecified atom stereocenters. The molecule has 0 saturated heterocycles. The average Bonchev–Trinajstić information content (AvgIpc) is 3.15. The van der Waals surface area contributed by atoms with Crippen LogP contribution in [0, 0.1) is 17.1 Å². The van der Waals surface area contributed by atoms with Crippen LogP contribution in [0.3, 0.4) is 0 Å². The Morgan fingerprint density at radius 3 is 2.72 bits per heavy atom. The molecule has 0 spiro atoms. The van der Waals surface area contributed by atoms with E-state index in [1.807, 2.05) is 48.5 Å². The number of H-pyrrole nitrogens is 1. The molecular weight excluding hydrogens is 433 g/mol. The first-order valence-corrected chi connectivity index (χ1v) is 9.65. The summed E-state index contributed by atoms with van der Waals surface area (Å²) in [7, 11) is 0. The molecule has 6 heteroatoms. The molecule has 29 heavy (non-hydrogen) atoms. The summed E-state index contributed by atoms with van der Waals surface area (Å²) in [5, 5.41) is 9.57. The van der Waals surface area contributed by atoms with Gasteiger partial charge < -0.3 is 9.72 Å². The minimum atomic E-state index is -0.356. The maximum atomic E-state index is 13.4. The van der Waals surface area contributed by atoms with Crippen LogP contribution < -0.4 is 4.74 Å². The maximum Gasteiger partial charge on any atom is 0.149 e. The van der Waals surface area contributed by atoms with Gasteiger partial charge in [0, 0.05) is 0 Å². The zero-order valence-electron chi connectivity index (χ0n) is 15.2. The first-order chi connectivity index (χ1) is 14.1. The Kier molecular flexibility index (Phi) is 5.41. The number of halogens is 2. The van der Waals surface area contributed by atoms with Gasteiger partial charge in [0.15, 0.2) is 0 Å². The number of allylic oxidation sites excluding steroid dienone is 1. The molecule has 0 aliphatic carbocycles. The summed E-state index contributed by atoms with van der Waals surface area (Å²) in [6.45, 7) is 0.466. The summed E-state index contributed by atoms with van der Waals surface area (Å²) in [6, 6.07) is 21.9. The first kappa shape index (κ1) is 18.9. The number of aromatic nitrogens is 2. The van der Waals surface area contributed by atoms with Gasteiger partial charge in [-0.3, -0.25) is 0 Å². The van der Waals surface area contributed by atoms with Crippen LogP contribution in [0.25, 0.3) is 22.7 Å².